The number of aliphatic imine (C=N–C) groups is 2. The van der Waals surface area contributed by atoms with E-state index in [2.05, 4.69) is 94.3 Å². The number of nitrogens with one attached hydrogen (secondary N) is 4. The van der Waals surface area contributed by atoms with Crippen molar-refractivity contribution in [3.63, 3.8) is 0 Å². The zero-order chi connectivity index (χ0) is 45.6. The van der Waals surface area contributed by atoms with Crippen LogP contribution in [0.3, 0.4) is 0 Å². The van der Waals surface area contributed by atoms with Crippen LogP contribution < -0.4 is 29.6 Å². The van der Waals surface area contributed by atoms with Gasteiger partial charge in [-0.2, -0.15) is 0 Å². The lowest BCUT2D eigenvalue weighted by Gasteiger charge is -2.27. The molecule has 0 aliphatic carbocycles. The van der Waals surface area contributed by atoms with Gasteiger partial charge < -0.3 is 24.8 Å². The number of anilines is 2. The molecule has 0 unspecified atom stereocenters. The SMILES string of the molecule is CC.CC(C)(C)c1ccc(CN=C2NSc3cccc(Oc4ccccc4Cl)c3N2)cc1.Clc1ccccc1Oc1cccc2c1NC(=NCc1ccccc1CN1CCOCC1)NS2. The Morgan fingerprint density at radius 2 is 1.06 bits per heavy atom. The number of guanidine groups is 2. The van der Waals surface area contributed by atoms with Gasteiger partial charge in [0.15, 0.2) is 11.5 Å². The maximum Gasteiger partial charge on any atom is 0.206 e. The lowest BCUT2D eigenvalue weighted by molar-refractivity contribution is 0.0341. The quantitative estimate of drug-likeness (QED) is 0.0993. The molecule has 0 radical (unpaired) electrons. The van der Waals surface area contributed by atoms with Gasteiger partial charge in [-0.1, -0.05) is 143 Å². The summed E-state index contributed by atoms with van der Waals surface area (Å²) < 4.78 is 24.2. The number of hydrogen-bond donors (Lipinski definition) is 4. The van der Waals surface area contributed by atoms with E-state index in [-0.39, 0.29) is 5.41 Å². The molecule has 0 bridgehead atoms. The number of hydrogen-bond acceptors (Lipinski definition) is 8. The Balaban J connectivity index is 0.000000188. The number of nitrogens with zero attached hydrogens (tertiary/aromatic N) is 3. The van der Waals surface area contributed by atoms with E-state index in [4.69, 9.17) is 47.4 Å². The van der Waals surface area contributed by atoms with Crippen LogP contribution in [-0.2, 0) is 29.8 Å². The van der Waals surface area contributed by atoms with E-state index in [9.17, 15) is 0 Å². The summed E-state index contributed by atoms with van der Waals surface area (Å²) in [6, 6.07) is 43.9. The van der Waals surface area contributed by atoms with Crippen LogP contribution >= 0.6 is 47.1 Å². The van der Waals surface area contributed by atoms with Crippen LogP contribution in [0.5, 0.6) is 23.0 Å². The monoisotopic (exact) mass is 947 g/mol. The number of fused-ring (bicyclic) bond motifs is 2. The molecule has 1 saturated heterocycles. The topological polar surface area (TPSA) is 104 Å². The van der Waals surface area contributed by atoms with Gasteiger partial charge in [0, 0.05) is 19.6 Å². The fourth-order valence-corrected chi connectivity index (χ4v) is 8.64. The zero-order valence-electron chi connectivity index (χ0n) is 37.3. The Bertz CT molecular complexity index is 2580. The second kappa shape index (κ2) is 23.2. The molecule has 0 amide bonds. The molecule has 3 aliphatic heterocycles. The summed E-state index contributed by atoms with van der Waals surface area (Å²) in [6.07, 6.45) is 0. The predicted molar refractivity (Wildman–Crippen MR) is 272 cm³/mol. The fraction of sp³-hybridized carbons (Fsp3) is 0.255. The van der Waals surface area contributed by atoms with Crippen LogP contribution in [0.2, 0.25) is 10.0 Å². The number of benzene rings is 6. The van der Waals surface area contributed by atoms with Crippen molar-refractivity contribution in [2.24, 2.45) is 9.98 Å². The minimum atomic E-state index is 0.148. The Morgan fingerprint density at radius 3 is 1.58 bits per heavy atom. The average Bonchev–Trinajstić information content (AvgIpc) is 3.33. The van der Waals surface area contributed by atoms with Crippen LogP contribution in [-0.4, -0.2) is 43.1 Å². The van der Waals surface area contributed by atoms with Gasteiger partial charge in [-0.15, -0.1) is 0 Å². The Labute approximate surface area is 401 Å². The van der Waals surface area contributed by atoms with E-state index in [1.165, 1.54) is 40.6 Å². The molecule has 0 saturated carbocycles. The molecule has 6 aromatic rings. The van der Waals surface area contributed by atoms with Gasteiger partial charge in [0.1, 0.15) is 11.5 Å². The summed E-state index contributed by atoms with van der Waals surface area (Å²) in [6.45, 7) is 16.3. The van der Waals surface area contributed by atoms with Gasteiger partial charge in [-0.25, -0.2) is 9.98 Å². The highest BCUT2D eigenvalue weighted by Gasteiger charge is 2.21. The molecule has 9 rings (SSSR count). The number of para-hydroxylation sites is 4. The van der Waals surface area contributed by atoms with Crippen molar-refractivity contribution in [3.05, 3.63) is 166 Å². The summed E-state index contributed by atoms with van der Waals surface area (Å²) in [4.78, 5) is 14.0. The van der Waals surface area contributed by atoms with Gasteiger partial charge in [0.25, 0.3) is 0 Å². The smallest absolute Gasteiger partial charge is 0.206 e. The van der Waals surface area contributed by atoms with E-state index >= 15 is 0 Å². The molecule has 338 valence electrons. The summed E-state index contributed by atoms with van der Waals surface area (Å²) in [5, 5.41) is 7.91. The van der Waals surface area contributed by atoms with Crippen molar-refractivity contribution in [1.82, 2.24) is 14.3 Å². The van der Waals surface area contributed by atoms with Crippen molar-refractivity contribution in [2.45, 2.75) is 69.5 Å². The van der Waals surface area contributed by atoms with E-state index in [1.807, 2.05) is 98.8 Å². The molecular weight excluding hydrogens is 894 g/mol. The first-order chi connectivity index (χ1) is 31.7. The van der Waals surface area contributed by atoms with Crippen LogP contribution in [0, 0.1) is 0 Å². The molecule has 1 fully saturated rings. The summed E-state index contributed by atoms with van der Waals surface area (Å²) >= 11 is 15.6. The van der Waals surface area contributed by atoms with Gasteiger partial charge in [-0.05, 0) is 100 Å². The lowest BCUT2D eigenvalue weighted by atomic mass is 9.87. The van der Waals surface area contributed by atoms with E-state index in [1.54, 1.807) is 0 Å². The Kier molecular flexibility index (Phi) is 17.0. The Hall–Kier alpha value is -5.34. The molecule has 3 heterocycles. The molecule has 4 N–H and O–H groups in total. The zero-order valence-corrected chi connectivity index (χ0v) is 40.4. The molecule has 10 nitrogen and oxygen atoms in total. The molecule has 0 atom stereocenters. The molecule has 0 spiro atoms. The molecular formula is C51H55Cl2N7O3S2. The second-order valence-electron chi connectivity index (χ2n) is 15.9. The number of ether oxygens (including phenoxy) is 3. The molecule has 6 aromatic carbocycles. The van der Waals surface area contributed by atoms with Gasteiger partial charge in [-0.3, -0.25) is 14.3 Å². The van der Waals surface area contributed by atoms with Crippen LogP contribution in [0.15, 0.2) is 153 Å². The number of rotatable bonds is 10. The van der Waals surface area contributed by atoms with Crippen molar-refractivity contribution in [3.8, 4) is 23.0 Å². The molecule has 65 heavy (non-hydrogen) atoms. The minimum Gasteiger partial charge on any atom is -0.454 e. The molecule has 0 aromatic heterocycles. The first-order valence-electron chi connectivity index (χ1n) is 21.7. The molecule has 3 aliphatic rings. The van der Waals surface area contributed by atoms with Crippen molar-refractivity contribution in [2.75, 3.05) is 36.9 Å². The van der Waals surface area contributed by atoms with Gasteiger partial charge in [0.2, 0.25) is 11.9 Å². The predicted octanol–water partition coefficient (Wildman–Crippen LogP) is 13.6. The third kappa shape index (κ3) is 13.2. The summed E-state index contributed by atoms with van der Waals surface area (Å²) in [5.41, 5.74) is 6.90. The lowest BCUT2D eigenvalue weighted by Crippen LogP contribution is -2.35. The maximum atomic E-state index is 6.29. The first kappa shape index (κ1) is 47.6. The van der Waals surface area contributed by atoms with Crippen molar-refractivity contribution in [1.29, 1.82) is 0 Å². The van der Waals surface area contributed by atoms with E-state index < -0.39 is 0 Å². The van der Waals surface area contributed by atoms with Crippen LogP contribution in [0.25, 0.3) is 0 Å². The molecule has 14 heteroatoms. The van der Waals surface area contributed by atoms with Crippen molar-refractivity contribution < 1.29 is 14.2 Å². The minimum absolute atomic E-state index is 0.148. The van der Waals surface area contributed by atoms with Gasteiger partial charge >= 0.3 is 0 Å². The maximum absolute atomic E-state index is 6.29. The fourth-order valence-electron chi connectivity index (χ4n) is 6.85. The van der Waals surface area contributed by atoms with Crippen molar-refractivity contribution >= 4 is 70.4 Å². The van der Waals surface area contributed by atoms with Crippen LogP contribution in [0.4, 0.5) is 11.4 Å². The summed E-state index contributed by atoms with van der Waals surface area (Å²) in [7, 11) is 0. The highest BCUT2D eigenvalue weighted by Crippen LogP contribution is 2.42. The number of morpholine rings is 1. The van der Waals surface area contributed by atoms with E-state index in [0.717, 1.165) is 59.6 Å². The number of halogens is 2. The average molecular weight is 949 g/mol. The Morgan fingerprint density at radius 1 is 0.585 bits per heavy atom. The highest BCUT2D eigenvalue weighted by molar-refractivity contribution is 7.98. The third-order valence-electron chi connectivity index (χ3n) is 10.4. The third-order valence-corrected chi connectivity index (χ3v) is 12.7. The van der Waals surface area contributed by atoms with Crippen LogP contribution in [0.1, 0.15) is 56.9 Å². The van der Waals surface area contributed by atoms with E-state index in [0.29, 0.717) is 58.1 Å². The largest absolute Gasteiger partial charge is 0.454 e. The normalized spacial score (nSPS) is 15.6. The second-order valence-corrected chi connectivity index (χ2v) is 18.4. The highest BCUT2D eigenvalue weighted by atomic mass is 35.5. The summed E-state index contributed by atoms with van der Waals surface area (Å²) in [5.74, 6) is 4.04. The van der Waals surface area contributed by atoms with Gasteiger partial charge in [0.05, 0.1) is 57.5 Å². The standard InChI is InChI=1S/C25H25ClN4O2S.C24H24ClN3OS.C2H6/c26-20-8-3-4-9-21(20)32-22-10-5-11-23-24(22)28-25(29-33-23)27-16-18-6-1-2-7-19(18)17-30-12-14-31-15-13-30;1-24(2,3)17-13-11-16(12-14-17)15-26-23-27-22-20(9-6-10-21(22)30-28-23)29-19-8-5-4-7-18(19)25;1-2/h1-11H,12-17H2,(H2,27,28,29);4-14H,15H2,1-3H3,(H2,26,27,28);1-2H3. The first-order valence-corrected chi connectivity index (χ1v) is 24.1.